The average molecular weight is 453 g/mol. The Kier molecular flexibility index (Phi) is 7.03. The second kappa shape index (κ2) is 10.3. The Hall–Kier alpha value is -3.08. The number of hydrogen-bond donors (Lipinski definition) is 1. The van der Waals surface area contributed by atoms with Crippen LogP contribution in [0.3, 0.4) is 0 Å². The number of amides is 1. The first-order valence-corrected chi connectivity index (χ1v) is 11.4. The highest BCUT2D eigenvalue weighted by Gasteiger charge is 2.17. The summed E-state index contributed by atoms with van der Waals surface area (Å²) in [4.78, 5) is 20.7. The van der Waals surface area contributed by atoms with Crippen molar-refractivity contribution in [2.45, 2.75) is 10.9 Å². The molecule has 0 saturated heterocycles. The van der Waals surface area contributed by atoms with Crippen molar-refractivity contribution in [3.8, 4) is 17.1 Å². The first kappa shape index (κ1) is 21.2. The maximum absolute atomic E-state index is 12.1. The molecule has 0 aliphatic rings. The van der Waals surface area contributed by atoms with Crippen LogP contribution >= 0.6 is 23.1 Å². The van der Waals surface area contributed by atoms with Crippen LogP contribution in [0.25, 0.3) is 17.1 Å². The Morgan fingerprint density at radius 1 is 1.16 bits per heavy atom. The second-order valence-corrected chi connectivity index (χ2v) is 8.26. The summed E-state index contributed by atoms with van der Waals surface area (Å²) in [5, 5.41) is 15.0. The normalized spacial score (nSPS) is 10.9. The van der Waals surface area contributed by atoms with Gasteiger partial charge in [-0.15, -0.1) is 21.5 Å². The van der Waals surface area contributed by atoms with Crippen LogP contribution in [0.5, 0.6) is 0 Å². The maximum Gasteiger partial charge on any atom is 0.270 e. The Labute approximate surface area is 187 Å². The molecule has 3 heterocycles. The minimum atomic E-state index is -0.197. The lowest BCUT2D eigenvalue weighted by atomic mass is 10.2. The molecule has 8 nitrogen and oxygen atoms in total. The standard InChI is InChI=1S/C21H20N6O2S2/c1-29-12-11-23-20(28)17-13-30-18(24-17)14-31-21-26-25-19(15-7-9-22-10-8-15)27(21)16-5-3-2-4-6-16/h2-10,13H,11-12,14H2,1H3,(H,23,28). The number of pyridine rings is 1. The zero-order chi connectivity index (χ0) is 21.5. The van der Waals surface area contributed by atoms with Crippen LogP contribution in [-0.2, 0) is 10.5 Å². The van der Waals surface area contributed by atoms with E-state index in [1.54, 1.807) is 24.9 Å². The summed E-state index contributed by atoms with van der Waals surface area (Å²) < 4.78 is 6.97. The molecule has 3 aromatic heterocycles. The molecule has 0 saturated carbocycles. The number of aromatic nitrogens is 5. The molecule has 0 aliphatic carbocycles. The van der Waals surface area contributed by atoms with Gasteiger partial charge in [-0.2, -0.15) is 0 Å². The highest BCUT2D eigenvalue weighted by Crippen LogP contribution is 2.30. The molecule has 0 bridgehead atoms. The van der Waals surface area contributed by atoms with E-state index in [0.29, 0.717) is 24.6 Å². The number of carbonyl (C=O) groups excluding carboxylic acids is 1. The van der Waals surface area contributed by atoms with Gasteiger partial charge in [-0.25, -0.2) is 4.98 Å². The number of thioether (sulfide) groups is 1. The van der Waals surface area contributed by atoms with Crippen LogP contribution in [0.2, 0.25) is 0 Å². The largest absolute Gasteiger partial charge is 0.383 e. The number of nitrogens with zero attached hydrogens (tertiary/aromatic N) is 5. The molecule has 10 heteroatoms. The van der Waals surface area contributed by atoms with E-state index in [0.717, 1.165) is 27.2 Å². The molecule has 0 atom stereocenters. The van der Waals surface area contributed by atoms with Gasteiger partial charge < -0.3 is 10.1 Å². The lowest BCUT2D eigenvalue weighted by Crippen LogP contribution is -2.27. The quantitative estimate of drug-likeness (QED) is 0.307. The van der Waals surface area contributed by atoms with E-state index in [9.17, 15) is 4.79 Å². The Morgan fingerprint density at radius 2 is 1.97 bits per heavy atom. The number of rotatable bonds is 9. The molecule has 1 N–H and O–H groups in total. The maximum atomic E-state index is 12.1. The number of benzene rings is 1. The third-order valence-electron chi connectivity index (χ3n) is 4.29. The lowest BCUT2D eigenvalue weighted by Gasteiger charge is -2.09. The van der Waals surface area contributed by atoms with Crippen molar-refractivity contribution < 1.29 is 9.53 Å². The van der Waals surface area contributed by atoms with Gasteiger partial charge in [0.2, 0.25) is 0 Å². The van der Waals surface area contributed by atoms with Gasteiger partial charge in [0.05, 0.1) is 12.4 Å². The van der Waals surface area contributed by atoms with E-state index in [1.807, 2.05) is 47.0 Å². The molecule has 0 aliphatic heterocycles. The number of ether oxygens (including phenoxy) is 1. The first-order valence-electron chi connectivity index (χ1n) is 9.52. The molecule has 4 aromatic rings. The summed E-state index contributed by atoms with van der Waals surface area (Å²) in [5.74, 6) is 1.13. The fourth-order valence-corrected chi connectivity index (χ4v) is 4.57. The molecule has 0 spiro atoms. The molecule has 4 rings (SSSR count). The van der Waals surface area contributed by atoms with Crippen molar-refractivity contribution in [1.29, 1.82) is 0 Å². The Bertz CT molecular complexity index is 1130. The van der Waals surface area contributed by atoms with Gasteiger partial charge in [0.25, 0.3) is 5.91 Å². The van der Waals surface area contributed by atoms with Crippen molar-refractivity contribution in [2.24, 2.45) is 0 Å². The van der Waals surface area contributed by atoms with Gasteiger partial charge in [0, 0.05) is 42.7 Å². The number of hydrogen-bond acceptors (Lipinski definition) is 8. The minimum Gasteiger partial charge on any atom is -0.383 e. The van der Waals surface area contributed by atoms with Crippen molar-refractivity contribution in [2.75, 3.05) is 20.3 Å². The van der Waals surface area contributed by atoms with Crippen LogP contribution in [0.4, 0.5) is 0 Å². The molecular formula is C21H20N6O2S2. The topological polar surface area (TPSA) is 94.8 Å². The van der Waals surface area contributed by atoms with Crippen LogP contribution < -0.4 is 5.32 Å². The van der Waals surface area contributed by atoms with E-state index in [2.05, 4.69) is 25.5 Å². The monoisotopic (exact) mass is 452 g/mol. The molecule has 31 heavy (non-hydrogen) atoms. The van der Waals surface area contributed by atoms with E-state index >= 15 is 0 Å². The molecule has 0 unspecified atom stereocenters. The number of para-hydroxylation sites is 1. The molecule has 0 fully saturated rings. The van der Waals surface area contributed by atoms with Crippen LogP contribution in [0, 0.1) is 0 Å². The fraction of sp³-hybridized carbons (Fsp3) is 0.190. The summed E-state index contributed by atoms with van der Waals surface area (Å²) in [6.45, 7) is 0.919. The first-order chi connectivity index (χ1) is 15.3. The number of thiazole rings is 1. The minimum absolute atomic E-state index is 0.197. The summed E-state index contributed by atoms with van der Waals surface area (Å²) in [6.07, 6.45) is 3.47. The Balaban J connectivity index is 1.53. The SMILES string of the molecule is COCCNC(=O)c1csc(CSc2nnc(-c3ccncc3)n2-c2ccccc2)n1. The third-order valence-corrected chi connectivity index (χ3v) is 6.26. The second-order valence-electron chi connectivity index (χ2n) is 6.38. The highest BCUT2D eigenvalue weighted by atomic mass is 32.2. The Morgan fingerprint density at radius 3 is 2.74 bits per heavy atom. The third kappa shape index (κ3) is 5.16. The van der Waals surface area contributed by atoms with Crippen molar-refractivity contribution in [1.82, 2.24) is 30.0 Å². The average Bonchev–Trinajstić information content (AvgIpc) is 3.46. The number of methoxy groups -OCH3 is 1. The zero-order valence-electron chi connectivity index (χ0n) is 16.8. The molecule has 1 amide bonds. The van der Waals surface area contributed by atoms with Crippen molar-refractivity contribution >= 4 is 29.0 Å². The van der Waals surface area contributed by atoms with Gasteiger partial charge in [-0.05, 0) is 24.3 Å². The summed E-state index contributed by atoms with van der Waals surface area (Å²) in [5.41, 5.74) is 2.32. The summed E-state index contributed by atoms with van der Waals surface area (Å²) >= 11 is 2.98. The van der Waals surface area contributed by atoms with Gasteiger partial charge in [0.1, 0.15) is 10.7 Å². The predicted molar refractivity (Wildman–Crippen MR) is 120 cm³/mol. The highest BCUT2D eigenvalue weighted by molar-refractivity contribution is 7.98. The number of nitrogens with one attached hydrogen (secondary N) is 1. The smallest absolute Gasteiger partial charge is 0.270 e. The van der Waals surface area contributed by atoms with E-state index in [-0.39, 0.29) is 5.91 Å². The van der Waals surface area contributed by atoms with E-state index < -0.39 is 0 Å². The summed E-state index contributed by atoms with van der Waals surface area (Å²) in [6, 6.07) is 13.8. The number of carbonyl (C=O) groups is 1. The van der Waals surface area contributed by atoms with Gasteiger partial charge in [-0.1, -0.05) is 30.0 Å². The fourth-order valence-electron chi connectivity index (χ4n) is 2.83. The van der Waals surface area contributed by atoms with Crippen molar-refractivity contribution in [3.63, 3.8) is 0 Å². The summed E-state index contributed by atoms with van der Waals surface area (Å²) in [7, 11) is 1.60. The van der Waals surface area contributed by atoms with Crippen LogP contribution in [0.1, 0.15) is 15.5 Å². The molecule has 158 valence electrons. The lowest BCUT2D eigenvalue weighted by molar-refractivity contribution is 0.0932. The van der Waals surface area contributed by atoms with E-state index in [1.165, 1.54) is 23.1 Å². The van der Waals surface area contributed by atoms with Gasteiger partial charge >= 0.3 is 0 Å². The molecule has 1 aromatic carbocycles. The van der Waals surface area contributed by atoms with Crippen LogP contribution in [-0.4, -0.2) is 50.9 Å². The van der Waals surface area contributed by atoms with Crippen LogP contribution in [0.15, 0.2) is 65.4 Å². The van der Waals surface area contributed by atoms with Gasteiger partial charge in [-0.3, -0.25) is 14.3 Å². The zero-order valence-corrected chi connectivity index (χ0v) is 18.4. The van der Waals surface area contributed by atoms with Crippen molar-refractivity contribution in [3.05, 3.63) is 70.9 Å². The van der Waals surface area contributed by atoms with Gasteiger partial charge in [0.15, 0.2) is 11.0 Å². The molecule has 0 radical (unpaired) electrons. The predicted octanol–water partition coefficient (Wildman–Crippen LogP) is 3.45. The van der Waals surface area contributed by atoms with E-state index in [4.69, 9.17) is 4.74 Å². The molecular weight excluding hydrogens is 432 g/mol.